The van der Waals surface area contributed by atoms with Crippen LogP contribution in [-0.2, 0) is 4.79 Å². The van der Waals surface area contributed by atoms with Crippen LogP contribution >= 0.6 is 39.1 Å². The van der Waals surface area contributed by atoms with Crippen molar-refractivity contribution in [2.45, 2.75) is 18.9 Å². The van der Waals surface area contributed by atoms with Gasteiger partial charge in [0.15, 0.2) is 0 Å². The molecule has 1 aromatic rings. The van der Waals surface area contributed by atoms with Crippen molar-refractivity contribution in [1.29, 1.82) is 0 Å². The molecule has 1 aliphatic heterocycles. The Bertz CT molecular complexity index is 481. The summed E-state index contributed by atoms with van der Waals surface area (Å²) in [6, 6.07) is 3.65. The molecule has 1 aromatic carbocycles. The SMILES string of the molecule is NC1CCN(CC(=O)Nc2c(Cl)cc(Br)cc2Cl)CC1. The van der Waals surface area contributed by atoms with Crippen LogP contribution in [0.2, 0.25) is 10.0 Å². The summed E-state index contributed by atoms with van der Waals surface area (Å²) in [7, 11) is 0. The maximum atomic E-state index is 12.0. The number of likely N-dealkylation sites (tertiary alicyclic amines) is 1. The van der Waals surface area contributed by atoms with Gasteiger partial charge in [0.25, 0.3) is 0 Å². The second-order valence-corrected chi connectivity index (χ2v) is 6.64. The van der Waals surface area contributed by atoms with Crippen molar-refractivity contribution in [3.8, 4) is 0 Å². The number of nitrogens with zero attached hydrogens (tertiary/aromatic N) is 1. The fourth-order valence-electron chi connectivity index (χ4n) is 2.15. The number of benzene rings is 1. The first-order valence-corrected chi connectivity index (χ1v) is 7.93. The van der Waals surface area contributed by atoms with Crippen LogP contribution in [0.1, 0.15) is 12.8 Å². The summed E-state index contributed by atoms with van der Waals surface area (Å²) in [4.78, 5) is 14.1. The molecule has 0 aromatic heterocycles. The Morgan fingerprint density at radius 1 is 1.35 bits per heavy atom. The third-order valence-electron chi connectivity index (χ3n) is 3.27. The molecule has 1 saturated heterocycles. The van der Waals surface area contributed by atoms with E-state index in [1.54, 1.807) is 12.1 Å². The highest BCUT2D eigenvalue weighted by Crippen LogP contribution is 2.33. The minimum Gasteiger partial charge on any atom is -0.328 e. The molecule has 1 heterocycles. The van der Waals surface area contributed by atoms with Gasteiger partial charge in [-0.25, -0.2) is 0 Å². The summed E-state index contributed by atoms with van der Waals surface area (Å²) >= 11 is 15.5. The van der Waals surface area contributed by atoms with Crippen LogP contribution in [0, 0.1) is 0 Å². The van der Waals surface area contributed by atoms with E-state index >= 15 is 0 Å². The van der Waals surface area contributed by atoms with E-state index in [2.05, 4.69) is 26.1 Å². The van der Waals surface area contributed by atoms with E-state index in [9.17, 15) is 4.79 Å². The van der Waals surface area contributed by atoms with Gasteiger partial charge in [-0.1, -0.05) is 39.1 Å². The van der Waals surface area contributed by atoms with Crippen molar-refractivity contribution < 1.29 is 4.79 Å². The summed E-state index contributed by atoms with van der Waals surface area (Å²) < 4.78 is 0.774. The van der Waals surface area contributed by atoms with Crippen LogP contribution in [0.15, 0.2) is 16.6 Å². The number of carbonyl (C=O) groups is 1. The quantitative estimate of drug-likeness (QED) is 0.846. The number of hydrogen-bond acceptors (Lipinski definition) is 3. The lowest BCUT2D eigenvalue weighted by Gasteiger charge is -2.29. The molecule has 1 aliphatic rings. The van der Waals surface area contributed by atoms with E-state index in [4.69, 9.17) is 28.9 Å². The van der Waals surface area contributed by atoms with Crippen molar-refractivity contribution in [3.63, 3.8) is 0 Å². The van der Waals surface area contributed by atoms with Crippen molar-refractivity contribution in [3.05, 3.63) is 26.7 Å². The zero-order valence-corrected chi connectivity index (χ0v) is 13.9. The molecule has 2 rings (SSSR count). The molecule has 0 radical (unpaired) electrons. The lowest BCUT2D eigenvalue weighted by Crippen LogP contribution is -2.43. The number of anilines is 1. The first kappa shape index (κ1) is 16.0. The largest absolute Gasteiger partial charge is 0.328 e. The molecule has 3 N–H and O–H groups in total. The molecule has 0 atom stereocenters. The molecule has 0 unspecified atom stereocenters. The van der Waals surface area contributed by atoms with E-state index in [1.807, 2.05) is 0 Å². The Balaban J connectivity index is 1.95. The smallest absolute Gasteiger partial charge is 0.238 e. The molecule has 0 spiro atoms. The molecule has 0 aliphatic carbocycles. The standard InChI is InChI=1S/C13H16BrCl2N3O/c14-8-5-10(15)13(11(16)6-8)18-12(20)7-19-3-1-9(17)2-4-19/h5-6,9H,1-4,7,17H2,(H,18,20). The van der Waals surface area contributed by atoms with Gasteiger partial charge in [-0.2, -0.15) is 0 Å². The average Bonchev–Trinajstić information content (AvgIpc) is 2.36. The number of amides is 1. The summed E-state index contributed by atoms with van der Waals surface area (Å²) in [5.74, 6) is -0.119. The lowest BCUT2D eigenvalue weighted by atomic mass is 10.1. The van der Waals surface area contributed by atoms with E-state index in [0.29, 0.717) is 22.3 Å². The average molecular weight is 381 g/mol. The van der Waals surface area contributed by atoms with Gasteiger partial charge in [0.2, 0.25) is 5.91 Å². The monoisotopic (exact) mass is 379 g/mol. The highest BCUT2D eigenvalue weighted by Gasteiger charge is 2.19. The predicted octanol–water partition coefficient (Wildman–Crippen LogP) is 3.12. The summed E-state index contributed by atoms with van der Waals surface area (Å²) in [5.41, 5.74) is 6.29. The van der Waals surface area contributed by atoms with E-state index in [-0.39, 0.29) is 11.9 Å². The van der Waals surface area contributed by atoms with Gasteiger partial charge in [-0.05, 0) is 25.0 Å². The van der Waals surface area contributed by atoms with Crippen molar-refractivity contribution in [2.75, 3.05) is 25.0 Å². The van der Waals surface area contributed by atoms with E-state index in [1.165, 1.54) is 0 Å². The second kappa shape index (κ2) is 7.09. The molecule has 0 bridgehead atoms. The number of carbonyl (C=O) groups excluding carboxylic acids is 1. The van der Waals surface area contributed by atoms with Crippen molar-refractivity contribution >= 4 is 50.7 Å². The first-order chi connectivity index (χ1) is 9.45. The van der Waals surface area contributed by atoms with Crippen LogP contribution < -0.4 is 11.1 Å². The van der Waals surface area contributed by atoms with E-state index < -0.39 is 0 Å². The molecule has 1 fully saturated rings. The molecular weight excluding hydrogens is 365 g/mol. The molecule has 4 nitrogen and oxygen atoms in total. The van der Waals surface area contributed by atoms with Gasteiger partial charge in [-0.15, -0.1) is 0 Å². The summed E-state index contributed by atoms with van der Waals surface area (Å²) in [6.45, 7) is 2.02. The van der Waals surface area contributed by atoms with Gasteiger partial charge >= 0.3 is 0 Å². The zero-order chi connectivity index (χ0) is 14.7. The van der Waals surface area contributed by atoms with Gasteiger partial charge in [0.05, 0.1) is 22.3 Å². The Morgan fingerprint density at radius 3 is 2.45 bits per heavy atom. The van der Waals surface area contributed by atoms with Gasteiger partial charge in [0, 0.05) is 23.6 Å². The van der Waals surface area contributed by atoms with Crippen LogP contribution in [0.3, 0.4) is 0 Å². The highest BCUT2D eigenvalue weighted by molar-refractivity contribution is 9.10. The predicted molar refractivity (Wildman–Crippen MR) is 86.4 cm³/mol. The van der Waals surface area contributed by atoms with Crippen molar-refractivity contribution in [2.24, 2.45) is 5.73 Å². The Kier molecular flexibility index (Phi) is 5.69. The van der Waals surface area contributed by atoms with Crippen LogP contribution in [0.4, 0.5) is 5.69 Å². The fourth-order valence-corrected chi connectivity index (χ4v) is 3.46. The van der Waals surface area contributed by atoms with Crippen molar-refractivity contribution in [1.82, 2.24) is 4.90 Å². The third kappa shape index (κ3) is 4.33. The number of piperidine rings is 1. The van der Waals surface area contributed by atoms with Crippen LogP contribution in [0.25, 0.3) is 0 Å². The summed E-state index contributed by atoms with van der Waals surface area (Å²) in [5, 5.41) is 3.60. The highest BCUT2D eigenvalue weighted by atomic mass is 79.9. The molecular formula is C13H16BrCl2N3O. The Morgan fingerprint density at radius 2 is 1.90 bits per heavy atom. The number of nitrogens with one attached hydrogen (secondary N) is 1. The maximum absolute atomic E-state index is 12.0. The maximum Gasteiger partial charge on any atom is 0.238 e. The lowest BCUT2D eigenvalue weighted by molar-refractivity contribution is -0.117. The Hall–Kier alpha value is -0.330. The minimum atomic E-state index is -0.119. The molecule has 7 heteroatoms. The normalized spacial score (nSPS) is 17.2. The zero-order valence-electron chi connectivity index (χ0n) is 10.8. The second-order valence-electron chi connectivity index (χ2n) is 4.91. The topological polar surface area (TPSA) is 58.4 Å². The minimum absolute atomic E-state index is 0.119. The number of nitrogens with two attached hydrogens (primary N) is 1. The van der Waals surface area contributed by atoms with Gasteiger partial charge in [0.1, 0.15) is 0 Å². The first-order valence-electron chi connectivity index (χ1n) is 6.38. The molecule has 110 valence electrons. The van der Waals surface area contributed by atoms with E-state index in [0.717, 1.165) is 30.4 Å². The van der Waals surface area contributed by atoms with Gasteiger partial charge in [-0.3, -0.25) is 9.69 Å². The molecule has 20 heavy (non-hydrogen) atoms. The number of rotatable bonds is 3. The summed E-state index contributed by atoms with van der Waals surface area (Å²) in [6.07, 6.45) is 1.85. The number of hydrogen-bond donors (Lipinski definition) is 2. The molecule has 0 saturated carbocycles. The molecule has 1 amide bonds. The van der Waals surface area contributed by atoms with Crippen LogP contribution in [0.5, 0.6) is 0 Å². The fraction of sp³-hybridized carbons (Fsp3) is 0.462. The van der Waals surface area contributed by atoms with Crippen LogP contribution in [-0.4, -0.2) is 36.5 Å². The third-order valence-corrected chi connectivity index (χ3v) is 4.32. The number of halogens is 3. The van der Waals surface area contributed by atoms with Gasteiger partial charge < -0.3 is 11.1 Å². The Labute approximate surface area is 136 Å².